The van der Waals surface area contributed by atoms with Gasteiger partial charge in [-0.15, -0.1) is 0 Å². The van der Waals surface area contributed by atoms with Crippen LogP contribution in [0, 0.1) is 24.4 Å². The van der Waals surface area contributed by atoms with Gasteiger partial charge in [-0.05, 0) is 56.5 Å². The van der Waals surface area contributed by atoms with Crippen molar-refractivity contribution in [1.82, 2.24) is 24.4 Å². The van der Waals surface area contributed by atoms with Crippen LogP contribution >= 0.6 is 11.6 Å². The van der Waals surface area contributed by atoms with E-state index in [9.17, 15) is 22.8 Å². The minimum Gasteiger partial charge on any atom is -0.396 e. The molecule has 0 spiro atoms. The molecule has 1 saturated heterocycles. The third-order valence-corrected chi connectivity index (χ3v) is 8.19. The maximum absolute atomic E-state index is 14.6. The van der Waals surface area contributed by atoms with Crippen molar-refractivity contribution in [2.24, 2.45) is 0 Å². The van der Waals surface area contributed by atoms with Crippen LogP contribution in [0.5, 0.6) is 0 Å². The minimum atomic E-state index is -1.73. The normalized spacial score (nSPS) is 17.0. The van der Waals surface area contributed by atoms with Crippen molar-refractivity contribution in [2.45, 2.75) is 52.6 Å². The SMILES string of the molecule is C=CC(=O)N1CC(C)N(c2nc(=O)n(-c3c(C)ccnc3C(C)C)c3nc(-c4cc(F)c(F)c(F)c4N)c(Cl)cc23)CC1C. The molecular formula is C31H31ClF3N7O2. The number of pyridine rings is 2. The molecule has 1 aromatic carbocycles. The summed E-state index contributed by atoms with van der Waals surface area (Å²) in [7, 11) is 0. The Labute approximate surface area is 256 Å². The molecule has 4 heterocycles. The zero-order valence-electron chi connectivity index (χ0n) is 24.8. The molecule has 13 heteroatoms. The topological polar surface area (TPSA) is 110 Å². The number of carbonyl (C=O) groups excluding carboxylic acids is 1. The van der Waals surface area contributed by atoms with Gasteiger partial charge in [0.1, 0.15) is 5.82 Å². The molecule has 3 aromatic heterocycles. The summed E-state index contributed by atoms with van der Waals surface area (Å²) in [6, 6.07) is 3.42. The predicted octanol–water partition coefficient (Wildman–Crippen LogP) is 5.54. The standard InChI is InChI=1S/C31H31ClF3N7O2/c1-7-22(43)40-12-17(6)41(13-16(40)5)29-19-10-20(32)27(18-11-21(33)23(34)24(35)25(18)36)38-30(19)42(31(44)39-29)28-15(4)8-9-37-26(28)14(2)3/h7-11,14,16-17H,1,12-13,36H2,2-6H3. The number of benzene rings is 1. The van der Waals surface area contributed by atoms with Crippen LogP contribution < -0.4 is 16.3 Å². The van der Waals surface area contributed by atoms with Crippen molar-refractivity contribution in [3.8, 4) is 16.9 Å². The molecule has 1 aliphatic heterocycles. The molecule has 1 fully saturated rings. The molecule has 2 unspecified atom stereocenters. The van der Waals surface area contributed by atoms with Gasteiger partial charge in [0.2, 0.25) is 5.91 Å². The third kappa shape index (κ3) is 5.06. The number of amides is 1. The average Bonchev–Trinajstić information content (AvgIpc) is 2.98. The Morgan fingerprint density at radius 1 is 1.14 bits per heavy atom. The van der Waals surface area contributed by atoms with Gasteiger partial charge >= 0.3 is 5.69 Å². The number of carbonyl (C=O) groups is 1. The van der Waals surface area contributed by atoms with Crippen LogP contribution in [0.25, 0.3) is 28.0 Å². The molecule has 0 aliphatic carbocycles. The number of hydrogen-bond donors (Lipinski definition) is 1. The van der Waals surface area contributed by atoms with Crippen LogP contribution in [-0.2, 0) is 4.79 Å². The van der Waals surface area contributed by atoms with E-state index in [-0.39, 0.29) is 51.7 Å². The molecule has 44 heavy (non-hydrogen) atoms. The van der Waals surface area contributed by atoms with Crippen molar-refractivity contribution >= 4 is 40.0 Å². The quantitative estimate of drug-likeness (QED) is 0.176. The average molecular weight is 626 g/mol. The Morgan fingerprint density at radius 3 is 2.50 bits per heavy atom. The zero-order chi connectivity index (χ0) is 32.2. The molecule has 0 saturated carbocycles. The van der Waals surface area contributed by atoms with E-state index in [0.717, 1.165) is 0 Å². The van der Waals surface area contributed by atoms with E-state index in [1.165, 1.54) is 16.7 Å². The van der Waals surface area contributed by atoms with Gasteiger partial charge in [0, 0.05) is 36.9 Å². The largest absolute Gasteiger partial charge is 0.396 e. The van der Waals surface area contributed by atoms with E-state index >= 15 is 0 Å². The van der Waals surface area contributed by atoms with E-state index in [1.807, 2.05) is 39.5 Å². The number of nitrogens with two attached hydrogens (primary N) is 1. The summed E-state index contributed by atoms with van der Waals surface area (Å²) in [5, 5.41) is 0.302. The summed E-state index contributed by atoms with van der Waals surface area (Å²) in [6.07, 6.45) is 2.89. The lowest BCUT2D eigenvalue weighted by atomic mass is 10.0. The van der Waals surface area contributed by atoms with E-state index in [0.29, 0.717) is 41.5 Å². The van der Waals surface area contributed by atoms with Gasteiger partial charge in [-0.3, -0.25) is 9.78 Å². The number of piperazine rings is 1. The summed E-state index contributed by atoms with van der Waals surface area (Å²) >= 11 is 6.70. The first-order valence-corrected chi connectivity index (χ1v) is 14.4. The number of anilines is 2. The van der Waals surface area contributed by atoms with Crippen LogP contribution in [0.15, 0.2) is 41.8 Å². The lowest BCUT2D eigenvalue weighted by molar-refractivity contribution is -0.128. The highest BCUT2D eigenvalue weighted by Crippen LogP contribution is 2.39. The third-order valence-electron chi connectivity index (χ3n) is 7.90. The van der Waals surface area contributed by atoms with E-state index in [1.54, 1.807) is 17.2 Å². The summed E-state index contributed by atoms with van der Waals surface area (Å²) in [5.41, 5.74) is 5.89. The van der Waals surface area contributed by atoms with Crippen molar-refractivity contribution in [3.05, 3.63) is 81.3 Å². The maximum Gasteiger partial charge on any atom is 0.355 e. The van der Waals surface area contributed by atoms with Gasteiger partial charge < -0.3 is 15.5 Å². The highest BCUT2D eigenvalue weighted by molar-refractivity contribution is 6.34. The maximum atomic E-state index is 14.6. The molecule has 0 bridgehead atoms. The Kier molecular flexibility index (Phi) is 8.15. The van der Waals surface area contributed by atoms with Gasteiger partial charge in [-0.1, -0.05) is 32.0 Å². The lowest BCUT2D eigenvalue weighted by Gasteiger charge is -2.44. The number of aryl methyl sites for hydroxylation is 1. The Morgan fingerprint density at radius 2 is 1.84 bits per heavy atom. The first kappa shape index (κ1) is 31.0. The van der Waals surface area contributed by atoms with Gasteiger partial charge in [-0.25, -0.2) is 27.5 Å². The molecule has 2 atom stereocenters. The lowest BCUT2D eigenvalue weighted by Crippen LogP contribution is -2.58. The second-order valence-electron chi connectivity index (χ2n) is 11.3. The molecule has 2 N–H and O–H groups in total. The Hall–Kier alpha value is -4.45. The van der Waals surface area contributed by atoms with Crippen LogP contribution in [0.2, 0.25) is 5.02 Å². The van der Waals surface area contributed by atoms with Gasteiger partial charge in [0.15, 0.2) is 23.1 Å². The molecule has 4 aromatic rings. The fraction of sp³-hybridized carbons (Fsp3) is 0.323. The minimum absolute atomic E-state index is 0.0592. The number of rotatable bonds is 5. The Balaban J connectivity index is 1.86. The fourth-order valence-electron chi connectivity index (χ4n) is 5.65. The Bertz CT molecular complexity index is 1900. The van der Waals surface area contributed by atoms with Crippen LogP contribution in [-0.4, -0.2) is 55.5 Å². The van der Waals surface area contributed by atoms with Crippen molar-refractivity contribution in [1.29, 1.82) is 0 Å². The second kappa shape index (κ2) is 11.6. The summed E-state index contributed by atoms with van der Waals surface area (Å²) < 4.78 is 44.3. The first-order valence-electron chi connectivity index (χ1n) is 14.0. The van der Waals surface area contributed by atoms with E-state index < -0.39 is 28.8 Å². The number of aromatic nitrogens is 4. The predicted molar refractivity (Wildman–Crippen MR) is 165 cm³/mol. The molecule has 0 radical (unpaired) electrons. The number of halogens is 4. The van der Waals surface area contributed by atoms with E-state index in [4.69, 9.17) is 17.3 Å². The molecule has 1 aliphatic rings. The number of nitrogen functional groups attached to an aromatic ring is 1. The molecule has 5 rings (SSSR count). The fourth-order valence-corrected chi connectivity index (χ4v) is 5.90. The van der Waals surface area contributed by atoms with Gasteiger partial charge in [-0.2, -0.15) is 4.98 Å². The summed E-state index contributed by atoms with van der Waals surface area (Å²) in [6.45, 7) is 13.7. The van der Waals surface area contributed by atoms with Crippen LogP contribution in [0.3, 0.4) is 0 Å². The summed E-state index contributed by atoms with van der Waals surface area (Å²) in [4.78, 5) is 43.8. The highest BCUT2D eigenvalue weighted by Gasteiger charge is 2.34. The van der Waals surface area contributed by atoms with Crippen molar-refractivity contribution in [2.75, 3.05) is 23.7 Å². The number of hydrogen-bond acceptors (Lipinski definition) is 7. The smallest absolute Gasteiger partial charge is 0.355 e. The molecule has 1 amide bonds. The molecular weight excluding hydrogens is 595 g/mol. The van der Waals surface area contributed by atoms with Crippen LogP contribution in [0.1, 0.15) is 44.9 Å². The number of fused-ring (bicyclic) bond motifs is 1. The zero-order valence-corrected chi connectivity index (χ0v) is 25.6. The number of nitrogens with zero attached hydrogens (tertiary/aromatic N) is 6. The monoisotopic (exact) mass is 625 g/mol. The van der Waals surface area contributed by atoms with E-state index in [2.05, 4.69) is 21.5 Å². The summed E-state index contributed by atoms with van der Waals surface area (Å²) in [5.74, 6) is -4.83. The second-order valence-corrected chi connectivity index (χ2v) is 11.7. The molecule has 9 nitrogen and oxygen atoms in total. The van der Waals surface area contributed by atoms with Crippen molar-refractivity contribution < 1.29 is 18.0 Å². The first-order chi connectivity index (χ1) is 20.8. The highest BCUT2D eigenvalue weighted by atomic mass is 35.5. The van der Waals surface area contributed by atoms with Crippen LogP contribution in [0.4, 0.5) is 24.7 Å². The van der Waals surface area contributed by atoms with Gasteiger partial charge in [0.05, 0.1) is 33.2 Å². The van der Waals surface area contributed by atoms with Gasteiger partial charge in [0.25, 0.3) is 0 Å². The molecule has 230 valence electrons. The van der Waals surface area contributed by atoms with Crippen molar-refractivity contribution in [3.63, 3.8) is 0 Å².